The van der Waals surface area contributed by atoms with Crippen LogP contribution in [0.4, 0.5) is 4.79 Å². The van der Waals surface area contributed by atoms with Gasteiger partial charge >= 0.3 is 6.09 Å². The molecule has 1 aliphatic rings. The van der Waals surface area contributed by atoms with Gasteiger partial charge in [-0.2, -0.15) is 0 Å². The molecule has 0 aromatic rings. The van der Waals surface area contributed by atoms with E-state index in [1.54, 1.807) is 14.2 Å². The van der Waals surface area contributed by atoms with Crippen molar-refractivity contribution >= 4 is 6.09 Å². The Morgan fingerprint density at radius 3 is 2.41 bits per heavy atom. The van der Waals surface area contributed by atoms with E-state index in [1.165, 1.54) is 0 Å². The van der Waals surface area contributed by atoms with Gasteiger partial charge in [0.1, 0.15) is 5.60 Å². The van der Waals surface area contributed by atoms with E-state index in [9.17, 15) is 4.79 Å². The maximum atomic E-state index is 11.9. The Labute approximate surface area is 133 Å². The van der Waals surface area contributed by atoms with Crippen molar-refractivity contribution in [2.24, 2.45) is 0 Å². The van der Waals surface area contributed by atoms with Crippen molar-refractivity contribution in [2.75, 3.05) is 27.4 Å². The first-order valence-electron chi connectivity index (χ1n) is 7.70. The summed E-state index contributed by atoms with van der Waals surface area (Å²) in [6, 6.07) is -0.0129. The molecule has 7 nitrogen and oxygen atoms in total. The number of alkyl carbamates (subject to hydrolysis) is 1. The van der Waals surface area contributed by atoms with Gasteiger partial charge in [0.05, 0.1) is 18.2 Å². The number of amides is 1. The third-order valence-electron chi connectivity index (χ3n) is 3.45. The first kappa shape index (κ1) is 19.2. The minimum absolute atomic E-state index is 0.0141. The maximum absolute atomic E-state index is 11.9. The lowest BCUT2D eigenvalue weighted by atomic mass is 9.82. The van der Waals surface area contributed by atoms with Gasteiger partial charge in [-0.05, 0) is 34.1 Å². The molecule has 22 heavy (non-hydrogen) atoms. The lowest BCUT2D eigenvalue weighted by Crippen LogP contribution is -2.67. The van der Waals surface area contributed by atoms with Crippen LogP contribution in [-0.2, 0) is 18.9 Å². The van der Waals surface area contributed by atoms with Crippen molar-refractivity contribution in [3.05, 3.63) is 0 Å². The lowest BCUT2D eigenvalue weighted by Gasteiger charge is -2.45. The number of methoxy groups -OCH3 is 2. The molecular weight excluding hydrogens is 288 g/mol. The summed E-state index contributed by atoms with van der Waals surface area (Å²) < 4.78 is 21.3. The SMILES string of the molecule is CCOC1CC(NC(=O)OC(C)(C)C)C1NCC(OC)OC. The van der Waals surface area contributed by atoms with Crippen LogP contribution in [0, 0.1) is 0 Å². The van der Waals surface area contributed by atoms with E-state index in [4.69, 9.17) is 18.9 Å². The quantitative estimate of drug-likeness (QED) is 0.656. The Balaban J connectivity index is 2.49. The number of carbonyl (C=O) groups excluding carboxylic acids is 1. The summed E-state index contributed by atoms with van der Waals surface area (Å²) in [6.07, 6.45) is 0.0914. The molecule has 1 amide bonds. The molecule has 0 spiro atoms. The second kappa shape index (κ2) is 8.67. The molecule has 0 heterocycles. The average Bonchev–Trinajstić information content (AvgIpc) is 2.40. The molecule has 2 N–H and O–H groups in total. The van der Waals surface area contributed by atoms with Crippen LogP contribution in [0.25, 0.3) is 0 Å². The van der Waals surface area contributed by atoms with Crippen molar-refractivity contribution in [2.45, 2.75) is 64.2 Å². The molecule has 3 atom stereocenters. The van der Waals surface area contributed by atoms with Gasteiger partial charge in [0.2, 0.25) is 0 Å². The van der Waals surface area contributed by atoms with Crippen LogP contribution in [0.1, 0.15) is 34.1 Å². The van der Waals surface area contributed by atoms with Crippen LogP contribution < -0.4 is 10.6 Å². The van der Waals surface area contributed by atoms with Crippen LogP contribution >= 0.6 is 0 Å². The summed E-state index contributed by atoms with van der Waals surface area (Å²) in [7, 11) is 3.18. The normalized spacial score (nSPS) is 25.0. The van der Waals surface area contributed by atoms with E-state index >= 15 is 0 Å². The van der Waals surface area contributed by atoms with Crippen molar-refractivity contribution < 1.29 is 23.7 Å². The van der Waals surface area contributed by atoms with Crippen LogP contribution in [0.5, 0.6) is 0 Å². The van der Waals surface area contributed by atoms with Crippen LogP contribution in [0.15, 0.2) is 0 Å². The number of ether oxygens (including phenoxy) is 4. The van der Waals surface area contributed by atoms with E-state index in [0.717, 1.165) is 6.42 Å². The zero-order chi connectivity index (χ0) is 16.8. The Kier molecular flexibility index (Phi) is 7.55. The highest BCUT2D eigenvalue weighted by atomic mass is 16.7. The van der Waals surface area contributed by atoms with E-state index < -0.39 is 11.7 Å². The number of hydrogen-bond acceptors (Lipinski definition) is 6. The summed E-state index contributed by atoms with van der Waals surface area (Å²) in [5.74, 6) is 0. The van der Waals surface area contributed by atoms with Crippen LogP contribution in [-0.4, -0.2) is 63.5 Å². The molecule has 3 unspecified atom stereocenters. The Morgan fingerprint density at radius 1 is 1.27 bits per heavy atom. The van der Waals surface area contributed by atoms with Gasteiger partial charge in [-0.15, -0.1) is 0 Å². The molecular formula is C15H30N2O5. The Bertz CT molecular complexity index is 341. The zero-order valence-electron chi connectivity index (χ0n) is 14.5. The molecule has 1 fully saturated rings. The molecule has 130 valence electrons. The van der Waals surface area contributed by atoms with Crippen molar-refractivity contribution in [3.8, 4) is 0 Å². The fraction of sp³-hybridized carbons (Fsp3) is 0.933. The van der Waals surface area contributed by atoms with Gasteiger partial charge in [-0.1, -0.05) is 0 Å². The zero-order valence-corrected chi connectivity index (χ0v) is 14.5. The number of hydrogen-bond donors (Lipinski definition) is 2. The lowest BCUT2D eigenvalue weighted by molar-refractivity contribution is -0.109. The predicted molar refractivity (Wildman–Crippen MR) is 82.8 cm³/mol. The largest absolute Gasteiger partial charge is 0.444 e. The summed E-state index contributed by atoms with van der Waals surface area (Å²) in [5, 5.41) is 6.21. The summed E-state index contributed by atoms with van der Waals surface area (Å²) >= 11 is 0. The highest BCUT2D eigenvalue weighted by Crippen LogP contribution is 2.25. The molecule has 0 radical (unpaired) electrons. The number of nitrogens with one attached hydrogen (secondary N) is 2. The molecule has 0 bridgehead atoms. The monoisotopic (exact) mass is 318 g/mol. The summed E-state index contributed by atoms with van der Waals surface area (Å²) in [4.78, 5) is 11.9. The topological polar surface area (TPSA) is 78.1 Å². The van der Waals surface area contributed by atoms with Crippen LogP contribution in [0.3, 0.4) is 0 Å². The van der Waals surface area contributed by atoms with E-state index in [1.807, 2.05) is 27.7 Å². The van der Waals surface area contributed by atoms with E-state index in [0.29, 0.717) is 13.2 Å². The van der Waals surface area contributed by atoms with Crippen molar-refractivity contribution in [1.82, 2.24) is 10.6 Å². The first-order valence-corrected chi connectivity index (χ1v) is 7.70. The second-order valence-corrected chi connectivity index (χ2v) is 6.32. The van der Waals surface area contributed by atoms with Gasteiger partial charge in [0.25, 0.3) is 0 Å². The number of carbonyl (C=O) groups is 1. The van der Waals surface area contributed by atoms with Gasteiger partial charge < -0.3 is 29.6 Å². The van der Waals surface area contributed by atoms with Gasteiger partial charge in [0, 0.05) is 27.4 Å². The Hall–Kier alpha value is -0.890. The van der Waals surface area contributed by atoms with Gasteiger partial charge in [0.15, 0.2) is 6.29 Å². The molecule has 7 heteroatoms. The fourth-order valence-corrected chi connectivity index (χ4v) is 2.37. The minimum atomic E-state index is -0.507. The highest BCUT2D eigenvalue weighted by Gasteiger charge is 2.43. The maximum Gasteiger partial charge on any atom is 0.407 e. The number of rotatable bonds is 8. The smallest absolute Gasteiger partial charge is 0.407 e. The molecule has 0 aliphatic heterocycles. The first-order chi connectivity index (χ1) is 10.3. The predicted octanol–water partition coefficient (Wildman–Crippen LogP) is 1.27. The summed E-state index contributed by atoms with van der Waals surface area (Å²) in [5.41, 5.74) is -0.507. The molecule has 1 saturated carbocycles. The standard InChI is InChI=1S/C15H30N2O5/c1-7-21-11-8-10(17-14(18)22-15(2,3)4)13(11)16-9-12(19-5)20-6/h10-13,16H,7-9H2,1-6H3,(H,17,18). The van der Waals surface area contributed by atoms with Crippen molar-refractivity contribution in [1.29, 1.82) is 0 Å². The fourth-order valence-electron chi connectivity index (χ4n) is 2.37. The van der Waals surface area contributed by atoms with Gasteiger partial charge in [-0.25, -0.2) is 4.79 Å². The second-order valence-electron chi connectivity index (χ2n) is 6.32. The molecule has 0 aromatic heterocycles. The molecule has 0 aromatic carbocycles. The molecule has 1 aliphatic carbocycles. The summed E-state index contributed by atoms with van der Waals surface area (Å²) in [6.45, 7) is 8.64. The van der Waals surface area contributed by atoms with Crippen LogP contribution in [0.2, 0.25) is 0 Å². The highest BCUT2D eigenvalue weighted by molar-refractivity contribution is 5.68. The van der Waals surface area contributed by atoms with Gasteiger partial charge in [-0.3, -0.25) is 0 Å². The van der Waals surface area contributed by atoms with E-state index in [-0.39, 0.29) is 24.5 Å². The third kappa shape index (κ3) is 6.08. The molecule has 1 rings (SSSR count). The average molecular weight is 318 g/mol. The van der Waals surface area contributed by atoms with E-state index in [2.05, 4.69) is 10.6 Å². The third-order valence-corrected chi connectivity index (χ3v) is 3.45. The van der Waals surface area contributed by atoms with Crippen molar-refractivity contribution in [3.63, 3.8) is 0 Å². The molecule has 0 saturated heterocycles. The Morgan fingerprint density at radius 2 is 1.91 bits per heavy atom. The minimum Gasteiger partial charge on any atom is -0.444 e.